The Morgan fingerprint density at radius 1 is 0.643 bits per heavy atom. The van der Waals surface area contributed by atoms with E-state index in [1.54, 1.807) is 6.92 Å². The van der Waals surface area contributed by atoms with Gasteiger partial charge < -0.3 is 14.6 Å². The first-order chi connectivity index (χ1) is 13.2. The lowest BCUT2D eigenvalue weighted by Crippen LogP contribution is -2.02. The largest absolute Gasteiger partial charge is 0.506 e. The van der Waals surface area contributed by atoms with Crippen molar-refractivity contribution in [2.45, 2.75) is 86.0 Å². The molecule has 0 aliphatic heterocycles. The first-order valence-corrected chi connectivity index (χ1v) is 10.2. The van der Waals surface area contributed by atoms with E-state index >= 15 is 0 Å². The van der Waals surface area contributed by atoms with Crippen molar-refractivity contribution in [3.63, 3.8) is 0 Å². The third-order valence-electron chi connectivity index (χ3n) is 4.51. The van der Waals surface area contributed by atoms with E-state index in [2.05, 4.69) is 43.7 Å². The van der Waals surface area contributed by atoms with Gasteiger partial charge in [0.2, 0.25) is 0 Å². The van der Waals surface area contributed by atoms with Crippen molar-refractivity contribution in [3.05, 3.63) is 46.6 Å². The van der Waals surface area contributed by atoms with Crippen LogP contribution < -0.4 is 0 Å². The number of rotatable bonds is 14. The molecule has 0 aliphatic carbocycles. The number of ether oxygens (including phenoxy) is 1. The summed E-state index contributed by atoms with van der Waals surface area (Å²) in [6.07, 6.45) is 15.2. The van der Waals surface area contributed by atoms with E-state index in [9.17, 15) is 9.59 Å². The molecule has 0 aliphatic rings. The van der Waals surface area contributed by atoms with Crippen LogP contribution in [-0.2, 0) is 9.53 Å². The van der Waals surface area contributed by atoms with E-state index in [0.717, 1.165) is 50.5 Å². The highest BCUT2D eigenvalue weighted by atomic mass is 16.7. The van der Waals surface area contributed by atoms with Gasteiger partial charge in [-0.1, -0.05) is 41.0 Å². The SMILES string of the molecule is CC(=O)CCC=C(C)CCC=C(C)CCC=C(C)CCC=C(C)COC(=O)O. The highest BCUT2D eigenvalue weighted by Gasteiger charge is 1.97. The van der Waals surface area contributed by atoms with Crippen LogP contribution in [0.5, 0.6) is 0 Å². The quantitative estimate of drug-likeness (QED) is 0.252. The maximum Gasteiger partial charge on any atom is 0.506 e. The summed E-state index contributed by atoms with van der Waals surface area (Å²) < 4.78 is 4.54. The zero-order chi connectivity index (χ0) is 21.4. The average Bonchev–Trinajstić information content (AvgIpc) is 2.59. The van der Waals surface area contributed by atoms with Gasteiger partial charge in [-0.25, -0.2) is 4.79 Å². The van der Waals surface area contributed by atoms with Gasteiger partial charge in [0.15, 0.2) is 0 Å². The van der Waals surface area contributed by atoms with Crippen LogP contribution in [0.1, 0.15) is 86.0 Å². The third kappa shape index (κ3) is 17.3. The molecule has 0 spiro atoms. The van der Waals surface area contributed by atoms with Crippen LogP contribution in [0.2, 0.25) is 0 Å². The van der Waals surface area contributed by atoms with Crippen LogP contribution in [0.3, 0.4) is 0 Å². The minimum atomic E-state index is -1.23. The number of carbonyl (C=O) groups excluding carboxylic acids is 1. The zero-order valence-corrected chi connectivity index (χ0v) is 18.3. The number of Topliss-reactive ketones (excluding diaryl/α,β-unsaturated/α-hetero) is 1. The molecular formula is C24H38O4. The predicted molar refractivity (Wildman–Crippen MR) is 117 cm³/mol. The van der Waals surface area contributed by atoms with E-state index in [4.69, 9.17) is 5.11 Å². The van der Waals surface area contributed by atoms with E-state index in [1.165, 1.54) is 16.7 Å². The van der Waals surface area contributed by atoms with E-state index in [1.807, 2.05) is 13.0 Å². The summed E-state index contributed by atoms with van der Waals surface area (Å²) in [5, 5.41) is 8.47. The fraction of sp³-hybridized carbons (Fsp3) is 0.583. The van der Waals surface area contributed by atoms with Crippen LogP contribution in [0, 0.1) is 0 Å². The molecular weight excluding hydrogens is 352 g/mol. The lowest BCUT2D eigenvalue weighted by Gasteiger charge is -2.03. The van der Waals surface area contributed by atoms with Gasteiger partial charge in [-0.05, 0) is 85.1 Å². The lowest BCUT2D eigenvalue weighted by molar-refractivity contribution is -0.116. The Morgan fingerprint density at radius 3 is 1.36 bits per heavy atom. The highest BCUT2D eigenvalue weighted by molar-refractivity contribution is 5.75. The normalized spacial score (nSPS) is 13.6. The molecule has 28 heavy (non-hydrogen) atoms. The predicted octanol–water partition coefficient (Wildman–Crippen LogP) is 7.18. The summed E-state index contributed by atoms with van der Waals surface area (Å²) in [4.78, 5) is 21.3. The number of carbonyl (C=O) groups is 2. The van der Waals surface area contributed by atoms with Crippen molar-refractivity contribution in [1.29, 1.82) is 0 Å². The van der Waals surface area contributed by atoms with Crippen molar-refractivity contribution in [3.8, 4) is 0 Å². The topological polar surface area (TPSA) is 63.6 Å². The molecule has 158 valence electrons. The van der Waals surface area contributed by atoms with E-state index < -0.39 is 6.16 Å². The second kappa shape index (κ2) is 15.9. The van der Waals surface area contributed by atoms with Crippen molar-refractivity contribution in [2.24, 2.45) is 0 Å². The maximum atomic E-state index is 10.9. The molecule has 0 atom stereocenters. The monoisotopic (exact) mass is 390 g/mol. The van der Waals surface area contributed by atoms with E-state index in [0.29, 0.717) is 6.42 Å². The molecule has 0 aromatic carbocycles. The molecule has 0 bridgehead atoms. The summed E-state index contributed by atoms with van der Waals surface area (Å²) in [5.74, 6) is 0.251. The fourth-order valence-corrected chi connectivity index (χ4v) is 2.70. The Kier molecular flexibility index (Phi) is 14.7. The zero-order valence-electron chi connectivity index (χ0n) is 18.3. The summed E-state index contributed by atoms with van der Waals surface area (Å²) in [5.41, 5.74) is 5.08. The standard InChI is InChI=1S/C24H38O4/c1-19(11-7-13-21(3)15-9-17-23(5)25)10-6-12-20(2)14-8-16-22(4)18-28-24(26)27/h11-12,15-16H,6-10,13-14,17-18H2,1-5H3,(H,26,27). The minimum absolute atomic E-state index is 0.146. The molecule has 4 heteroatoms. The van der Waals surface area contributed by atoms with Crippen molar-refractivity contribution in [1.82, 2.24) is 0 Å². The summed E-state index contributed by atoms with van der Waals surface area (Å²) in [6.45, 7) is 10.1. The van der Waals surface area contributed by atoms with Gasteiger partial charge in [0.1, 0.15) is 12.4 Å². The molecule has 0 fully saturated rings. The first-order valence-electron chi connectivity index (χ1n) is 10.2. The van der Waals surface area contributed by atoms with Crippen LogP contribution in [0.15, 0.2) is 46.6 Å². The van der Waals surface area contributed by atoms with Gasteiger partial charge in [-0.2, -0.15) is 0 Å². The molecule has 0 aromatic heterocycles. The number of hydrogen-bond donors (Lipinski definition) is 1. The van der Waals surface area contributed by atoms with Gasteiger partial charge in [0.05, 0.1) is 0 Å². The molecule has 0 rings (SSSR count). The molecule has 0 amide bonds. The lowest BCUT2D eigenvalue weighted by atomic mass is 10.0. The number of carboxylic acid groups (broad SMARTS) is 1. The van der Waals surface area contributed by atoms with Crippen molar-refractivity contribution < 1.29 is 19.4 Å². The van der Waals surface area contributed by atoms with Gasteiger partial charge in [0, 0.05) is 6.42 Å². The molecule has 0 unspecified atom stereocenters. The van der Waals surface area contributed by atoms with Crippen molar-refractivity contribution >= 4 is 11.9 Å². The van der Waals surface area contributed by atoms with E-state index in [-0.39, 0.29) is 12.4 Å². The smallest absolute Gasteiger partial charge is 0.450 e. The summed E-state index contributed by atoms with van der Waals surface area (Å²) >= 11 is 0. The maximum absolute atomic E-state index is 10.9. The van der Waals surface area contributed by atoms with Crippen LogP contribution in [0.25, 0.3) is 0 Å². The Morgan fingerprint density at radius 2 is 1.00 bits per heavy atom. The average molecular weight is 391 g/mol. The van der Waals surface area contributed by atoms with Crippen LogP contribution in [0.4, 0.5) is 4.79 Å². The molecule has 0 heterocycles. The highest BCUT2D eigenvalue weighted by Crippen LogP contribution is 2.14. The molecule has 0 saturated heterocycles. The van der Waals surface area contributed by atoms with Gasteiger partial charge in [-0.15, -0.1) is 0 Å². The summed E-state index contributed by atoms with van der Waals surface area (Å²) in [6, 6.07) is 0. The minimum Gasteiger partial charge on any atom is -0.450 e. The first kappa shape index (κ1) is 25.9. The Bertz CT molecular complexity index is 606. The number of ketones is 1. The van der Waals surface area contributed by atoms with Gasteiger partial charge in [0.25, 0.3) is 0 Å². The Labute approximate surface area is 171 Å². The number of hydrogen-bond acceptors (Lipinski definition) is 3. The van der Waals surface area contributed by atoms with Gasteiger partial charge in [-0.3, -0.25) is 0 Å². The summed E-state index contributed by atoms with van der Waals surface area (Å²) in [7, 11) is 0. The Balaban J connectivity index is 4.05. The van der Waals surface area contributed by atoms with Crippen LogP contribution >= 0.6 is 0 Å². The Hall–Kier alpha value is -2.10. The molecule has 0 aromatic rings. The molecule has 0 radical (unpaired) electrons. The molecule has 4 nitrogen and oxygen atoms in total. The third-order valence-corrected chi connectivity index (χ3v) is 4.51. The second-order valence-corrected chi connectivity index (χ2v) is 7.61. The van der Waals surface area contributed by atoms with Crippen LogP contribution in [-0.4, -0.2) is 23.7 Å². The second-order valence-electron chi connectivity index (χ2n) is 7.61. The van der Waals surface area contributed by atoms with Gasteiger partial charge >= 0.3 is 6.16 Å². The number of allylic oxidation sites excluding steroid dienone is 7. The molecule has 1 N–H and O–H groups in total. The fourth-order valence-electron chi connectivity index (χ4n) is 2.70. The molecule has 0 saturated carbocycles. The van der Waals surface area contributed by atoms with Crippen molar-refractivity contribution in [2.75, 3.05) is 6.61 Å².